The zero-order valence-corrected chi connectivity index (χ0v) is 9.26. The van der Waals surface area contributed by atoms with E-state index in [2.05, 4.69) is 0 Å². The Morgan fingerprint density at radius 2 is 1.77 bits per heavy atom. The average molecular weight is 184 g/mol. The number of rotatable bonds is 4. The van der Waals surface area contributed by atoms with E-state index in [1.807, 2.05) is 34.6 Å². The molecular formula is C11H20O2. The third-order valence-electron chi connectivity index (χ3n) is 2.23. The number of ketones is 1. The molecule has 0 aromatic rings. The highest BCUT2D eigenvalue weighted by atomic mass is 16.1. The van der Waals surface area contributed by atoms with Crippen molar-refractivity contribution in [3.05, 3.63) is 0 Å². The summed E-state index contributed by atoms with van der Waals surface area (Å²) >= 11 is 0. The molecular weight excluding hydrogens is 164 g/mol. The molecule has 2 nitrogen and oxygen atoms in total. The van der Waals surface area contributed by atoms with Crippen molar-refractivity contribution in [2.45, 2.75) is 41.0 Å². The summed E-state index contributed by atoms with van der Waals surface area (Å²) in [5.41, 5.74) is -0.0474. The monoisotopic (exact) mass is 184 g/mol. The number of Topliss-reactive ketones (excluding diaryl/α,β-unsaturated/α-hetero) is 1. The highest BCUT2D eigenvalue weighted by Gasteiger charge is 2.32. The number of hydrogen-bond acceptors (Lipinski definition) is 2. The zero-order chi connectivity index (χ0) is 10.6. The van der Waals surface area contributed by atoms with Crippen molar-refractivity contribution in [3.63, 3.8) is 0 Å². The van der Waals surface area contributed by atoms with Crippen LogP contribution in [0.1, 0.15) is 41.0 Å². The summed E-state index contributed by atoms with van der Waals surface area (Å²) in [7, 11) is 0. The standard InChI is InChI=1S/C11H20O2/c1-8(2)10(11(3,4)5)9(13)6-7-12/h7-8,10H,6H2,1-5H3. The van der Waals surface area contributed by atoms with Gasteiger partial charge in [0.1, 0.15) is 12.1 Å². The Bertz CT molecular complexity index is 187. The van der Waals surface area contributed by atoms with Gasteiger partial charge in [-0.2, -0.15) is 0 Å². The Balaban J connectivity index is 4.61. The first kappa shape index (κ1) is 12.3. The van der Waals surface area contributed by atoms with Gasteiger partial charge in [0.15, 0.2) is 0 Å². The Morgan fingerprint density at radius 1 is 1.31 bits per heavy atom. The summed E-state index contributed by atoms with van der Waals surface area (Å²) in [6.07, 6.45) is 0.754. The Kier molecular flexibility index (Phi) is 4.31. The molecule has 0 saturated carbocycles. The normalized spacial score (nSPS) is 14.3. The van der Waals surface area contributed by atoms with Gasteiger partial charge in [-0.15, -0.1) is 0 Å². The molecule has 0 aromatic carbocycles. The summed E-state index contributed by atoms with van der Waals surface area (Å²) in [5, 5.41) is 0. The van der Waals surface area contributed by atoms with Crippen molar-refractivity contribution in [1.29, 1.82) is 0 Å². The molecule has 0 saturated heterocycles. The van der Waals surface area contributed by atoms with Crippen LogP contribution in [0.25, 0.3) is 0 Å². The van der Waals surface area contributed by atoms with Gasteiger partial charge >= 0.3 is 0 Å². The van der Waals surface area contributed by atoms with Crippen LogP contribution in [0, 0.1) is 17.3 Å². The number of carbonyl (C=O) groups excluding carboxylic acids is 2. The van der Waals surface area contributed by atoms with Crippen LogP contribution < -0.4 is 0 Å². The van der Waals surface area contributed by atoms with Crippen LogP contribution in [0.3, 0.4) is 0 Å². The molecule has 1 atom stereocenters. The van der Waals surface area contributed by atoms with Gasteiger partial charge in [0.05, 0.1) is 6.42 Å². The van der Waals surface area contributed by atoms with Gasteiger partial charge in [0, 0.05) is 5.92 Å². The van der Waals surface area contributed by atoms with E-state index in [9.17, 15) is 9.59 Å². The first-order chi connectivity index (χ1) is 5.80. The highest BCUT2D eigenvalue weighted by molar-refractivity contribution is 5.91. The maximum atomic E-state index is 11.6. The first-order valence-electron chi connectivity index (χ1n) is 4.77. The second-order valence-corrected chi connectivity index (χ2v) is 4.92. The molecule has 0 aromatic heterocycles. The molecule has 13 heavy (non-hydrogen) atoms. The largest absolute Gasteiger partial charge is 0.303 e. The molecule has 2 heteroatoms. The molecule has 0 aliphatic heterocycles. The van der Waals surface area contributed by atoms with E-state index in [-0.39, 0.29) is 23.5 Å². The van der Waals surface area contributed by atoms with Gasteiger partial charge in [0.25, 0.3) is 0 Å². The van der Waals surface area contributed by atoms with E-state index in [4.69, 9.17) is 0 Å². The van der Waals surface area contributed by atoms with E-state index >= 15 is 0 Å². The van der Waals surface area contributed by atoms with Crippen molar-refractivity contribution < 1.29 is 9.59 Å². The maximum Gasteiger partial charge on any atom is 0.143 e. The lowest BCUT2D eigenvalue weighted by Crippen LogP contribution is -2.33. The molecule has 76 valence electrons. The van der Waals surface area contributed by atoms with E-state index < -0.39 is 0 Å². The number of hydrogen-bond donors (Lipinski definition) is 0. The molecule has 0 fully saturated rings. The third kappa shape index (κ3) is 3.71. The minimum atomic E-state index is -0.0474. The van der Waals surface area contributed by atoms with E-state index in [0.717, 1.165) is 0 Å². The topological polar surface area (TPSA) is 34.1 Å². The van der Waals surface area contributed by atoms with Crippen LogP contribution >= 0.6 is 0 Å². The molecule has 0 radical (unpaired) electrons. The Morgan fingerprint density at radius 3 is 2.00 bits per heavy atom. The fourth-order valence-electron chi connectivity index (χ4n) is 2.06. The minimum absolute atomic E-state index is 0.0160. The van der Waals surface area contributed by atoms with E-state index in [0.29, 0.717) is 12.2 Å². The van der Waals surface area contributed by atoms with Gasteiger partial charge in [-0.1, -0.05) is 34.6 Å². The summed E-state index contributed by atoms with van der Waals surface area (Å²) in [6, 6.07) is 0. The summed E-state index contributed by atoms with van der Waals surface area (Å²) in [4.78, 5) is 21.8. The Labute approximate surface area is 80.7 Å². The lowest BCUT2D eigenvalue weighted by Gasteiger charge is -2.32. The van der Waals surface area contributed by atoms with Crippen molar-refractivity contribution in [2.75, 3.05) is 0 Å². The van der Waals surface area contributed by atoms with Crippen LogP contribution in [-0.2, 0) is 9.59 Å². The van der Waals surface area contributed by atoms with E-state index in [1.54, 1.807) is 0 Å². The van der Waals surface area contributed by atoms with E-state index in [1.165, 1.54) is 0 Å². The molecule has 1 unspecified atom stereocenters. The van der Waals surface area contributed by atoms with Gasteiger partial charge in [0.2, 0.25) is 0 Å². The average Bonchev–Trinajstić information content (AvgIpc) is 1.82. The van der Waals surface area contributed by atoms with Crippen molar-refractivity contribution >= 4 is 12.1 Å². The van der Waals surface area contributed by atoms with Crippen LogP contribution in [-0.4, -0.2) is 12.1 Å². The Hall–Kier alpha value is -0.660. The van der Waals surface area contributed by atoms with Gasteiger partial charge in [-0.05, 0) is 11.3 Å². The summed E-state index contributed by atoms with van der Waals surface area (Å²) < 4.78 is 0. The number of carbonyl (C=O) groups is 2. The SMILES string of the molecule is CC(C)C(C(=O)CC=O)C(C)(C)C. The quantitative estimate of drug-likeness (QED) is 0.497. The molecule has 0 spiro atoms. The van der Waals surface area contributed by atoms with Gasteiger partial charge < -0.3 is 4.79 Å². The predicted octanol–water partition coefficient (Wildman–Crippen LogP) is 2.46. The van der Waals surface area contributed by atoms with Crippen molar-refractivity contribution in [1.82, 2.24) is 0 Å². The highest BCUT2D eigenvalue weighted by Crippen LogP contribution is 2.33. The molecule has 0 aliphatic rings. The smallest absolute Gasteiger partial charge is 0.143 e. The molecule has 0 amide bonds. The van der Waals surface area contributed by atoms with Crippen molar-refractivity contribution in [3.8, 4) is 0 Å². The molecule has 0 aliphatic carbocycles. The third-order valence-corrected chi connectivity index (χ3v) is 2.23. The fraction of sp³-hybridized carbons (Fsp3) is 0.818. The summed E-state index contributed by atoms with van der Waals surface area (Å²) in [6.45, 7) is 10.2. The van der Waals surface area contributed by atoms with Crippen LogP contribution in [0.5, 0.6) is 0 Å². The van der Waals surface area contributed by atoms with Gasteiger partial charge in [-0.3, -0.25) is 4.79 Å². The zero-order valence-electron chi connectivity index (χ0n) is 9.26. The second kappa shape index (κ2) is 4.54. The molecule has 0 heterocycles. The lowest BCUT2D eigenvalue weighted by molar-refractivity contribution is -0.129. The summed E-state index contributed by atoms with van der Waals surface area (Å²) in [5.74, 6) is 0.350. The molecule has 0 bridgehead atoms. The van der Waals surface area contributed by atoms with Crippen LogP contribution in [0.4, 0.5) is 0 Å². The van der Waals surface area contributed by atoms with Crippen LogP contribution in [0.2, 0.25) is 0 Å². The van der Waals surface area contributed by atoms with Crippen molar-refractivity contribution in [2.24, 2.45) is 17.3 Å². The van der Waals surface area contributed by atoms with Gasteiger partial charge in [-0.25, -0.2) is 0 Å². The molecule has 0 N–H and O–H groups in total. The molecule has 0 rings (SSSR count). The maximum absolute atomic E-state index is 11.6. The minimum Gasteiger partial charge on any atom is -0.303 e. The first-order valence-corrected chi connectivity index (χ1v) is 4.77. The number of aldehydes is 1. The lowest BCUT2D eigenvalue weighted by atomic mass is 9.71. The fourth-order valence-corrected chi connectivity index (χ4v) is 2.06. The predicted molar refractivity (Wildman–Crippen MR) is 53.5 cm³/mol. The van der Waals surface area contributed by atoms with Crippen LogP contribution in [0.15, 0.2) is 0 Å². The second-order valence-electron chi connectivity index (χ2n) is 4.92.